The molecule has 0 fully saturated rings. The van der Waals surface area contributed by atoms with Crippen molar-refractivity contribution in [3.05, 3.63) is 28.9 Å². The first kappa shape index (κ1) is 10.9. The van der Waals surface area contributed by atoms with Crippen molar-refractivity contribution in [1.82, 2.24) is 24.1 Å². The van der Waals surface area contributed by atoms with Gasteiger partial charge in [-0.2, -0.15) is 9.67 Å². The van der Waals surface area contributed by atoms with Crippen molar-refractivity contribution < 1.29 is 9.90 Å². The number of aromatic carboxylic acids is 1. The zero-order chi connectivity index (χ0) is 12.9. The Morgan fingerprint density at radius 1 is 1.39 bits per heavy atom. The Morgan fingerprint density at radius 3 is 2.78 bits per heavy atom. The van der Waals surface area contributed by atoms with E-state index >= 15 is 0 Å². The normalized spacial score (nSPS) is 11.2. The number of carboxylic acid groups (broad SMARTS) is 1. The summed E-state index contributed by atoms with van der Waals surface area (Å²) in [5.41, 5.74) is 0.0965. The third-order valence-corrected chi connectivity index (χ3v) is 3.28. The minimum absolute atomic E-state index is 0.0965. The number of thiazole rings is 1. The van der Waals surface area contributed by atoms with Crippen LogP contribution in [0.4, 0.5) is 0 Å². The average Bonchev–Trinajstić information content (AvgIpc) is 2.90. The van der Waals surface area contributed by atoms with Crippen LogP contribution in [0, 0.1) is 13.8 Å². The van der Waals surface area contributed by atoms with Crippen LogP contribution in [0.2, 0.25) is 0 Å². The molecule has 3 aromatic heterocycles. The van der Waals surface area contributed by atoms with Gasteiger partial charge in [0.1, 0.15) is 11.6 Å². The summed E-state index contributed by atoms with van der Waals surface area (Å²) in [6.07, 6.45) is 1.68. The lowest BCUT2D eigenvalue weighted by atomic mass is 10.4. The molecule has 0 saturated carbocycles. The maximum absolute atomic E-state index is 11.4. The monoisotopic (exact) mass is 263 g/mol. The predicted octanol–water partition coefficient (Wildman–Crippen LogP) is 1.29. The molecule has 0 radical (unpaired) electrons. The molecule has 0 unspecified atom stereocenters. The van der Waals surface area contributed by atoms with Gasteiger partial charge in [0.15, 0.2) is 16.5 Å². The van der Waals surface area contributed by atoms with Crippen molar-refractivity contribution >= 4 is 22.3 Å². The van der Waals surface area contributed by atoms with Gasteiger partial charge in [-0.15, -0.1) is 16.4 Å². The van der Waals surface area contributed by atoms with E-state index in [4.69, 9.17) is 0 Å². The van der Waals surface area contributed by atoms with Crippen LogP contribution in [-0.4, -0.2) is 35.2 Å². The van der Waals surface area contributed by atoms with Crippen molar-refractivity contribution in [2.45, 2.75) is 13.8 Å². The summed E-state index contributed by atoms with van der Waals surface area (Å²) in [6.45, 7) is 3.52. The Morgan fingerprint density at radius 2 is 2.17 bits per heavy atom. The molecule has 0 aromatic carbocycles. The number of aryl methyl sites for hydroxylation is 2. The summed E-state index contributed by atoms with van der Waals surface area (Å²) in [6, 6.07) is 0. The molecule has 0 aliphatic heterocycles. The van der Waals surface area contributed by atoms with Crippen LogP contribution in [0.1, 0.15) is 22.1 Å². The molecular weight excluding hydrogens is 254 g/mol. The fourth-order valence-electron chi connectivity index (χ4n) is 1.84. The van der Waals surface area contributed by atoms with E-state index in [0.717, 1.165) is 0 Å². The molecule has 1 N–H and O–H groups in total. The molecule has 3 rings (SSSR count). The highest BCUT2D eigenvalue weighted by molar-refractivity contribution is 7.15. The second-order valence-corrected chi connectivity index (χ2v) is 4.64. The third-order valence-electron chi connectivity index (χ3n) is 2.52. The van der Waals surface area contributed by atoms with Gasteiger partial charge in [-0.1, -0.05) is 0 Å². The summed E-state index contributed by atoms with van der Waals surface area (Å²) in [7, 11) is 0. The van der Waals surface area contributed by atoms with E-state index in [1.807, 2.05) is 0 Å². The first-order valence-corrected chi connectivity index (χ1v) is 6.05. The SMILES string of the molecule is Cc1nc(C)n(-c2nc3sccn3c2C(=O)O)n1. The number of aromatic nitrogens is 5. The smallest absolute Gasteiger partial charge is 0.356 e. The molecule has 8 heteroatoms. The Labute approximate surface area is 105 Å². The predicted molar refractivity (Wildman–Crippen MR) is 64.4 cm³/mol. The highest BCUT2D eigenvalue weighted by Crippen LogP contribution is 2.21. The number of nitrogens with zero attached hydrogens (tertiary/aromatic N) is 5. The zero-order valence-corrected chi connectivity index (χ0v) is 10.5. The number of carboxylic acids is 1. The van der Waals surface area contributed by atoms with E-state index in [1.165, 1.54) is 16.0 Å². The summed E-state index contributed by atoms with van der Waals surface area (Å²) in [4.78, 5) is 20.4. The topological polar surface area (TPSA) is 85.3 Å². The van der Waals surface area contributed by atoms with E-state index in [9.17, 15) is 9.90 Å². The van der Waals surface area contributed by atoms with Crippen LogP contribution in [0.15, 0.2) is 11.6 Å². The fourth-order valence-corrected chi connectivity index (χ4v) is 2.55. The van der Waals surface area contributed by atoms with Crippen molar-refractivity contribution in [2.75, 3.05) is 0 Å². The summed E-state index contributed by atoms with van der Waals surface area (Å²) < 4.78 is 3.00. The molecule has 92 valence electrons. The van der Waals surface area contributed by atoms with Crippen LogP contribution in [0.5, 0.6) is 0 Å². The summed E-state index contributed by atoms with van der Waals surface area (Å²) in [5, 5.41) is 15.3. The van der Waals surface area contributed by atoms with Crippen LogP contribution < -0.4 is 0 Å². The van der Waals surface area contributed by atoms with E-state index in [1.54, 1.807) is 29.8 Å². The molecule has 3 heterocycles. The quantitative estimate of drug-likeness (QED) is 0.753. The molecule has 0 amide bonds. The molecule has 0 saturated heterocycles. The summed E-state index contributed by atoms with van der Waals surface area (Å²) in [5.74, 6) is 0.455. The largest absolute Gasteiger partial charge is 0.476 e. The molecule has 18 heavy (non-hydrogen) atoms. The lowest BCUT2D eigenvalue weighted by molar-refractivity contribution is 0.0689. The Bertz CT molecular complexity index is 754. The van der Waals surface area contributed by atoms with Crippen molar-refractivity contribution in [3.8, 4) is 5.82 Å². The number of rotatable bonds is 2. The Balaban J connectivity index is 2.34. The van der Waals surface area contributed by atoms with Crippen LogP contribution in [0.25, 0.3) is 10.8 Å². The molecule has 0 bridgehead atoms. The van der Waals surface area contributed by atoms with Crippen molar-refractivity contribution in [3.63, 3.8) is 0 Å². The lowest BCUT2D eigenvalue weighted by Crippen LogP contribution is -2.09. The van der Waals surface area contributed by atoms with Gasteiger partial charge in [-0.3, -0.25) is 4.40 Å². The number of hydrogen-bond donors (Lipinski definition) is 1. The number of hydrogen-bond acceptors (Lipinski definition) is 5. The van der Waals surface area contributed by atoms with E-state index in [-0.39, 0.29) is 5.69 Å². The Hall–Kier alpha value is -2.22. The standard InChI is InChI=1S/C10H9N5O2S/c1-5-11-6(2)15(13-5)8-7(9(16)17)14-3-4-18-10(14)12-8/h3-4H,1-2H3,(H,16,17). The fraction of sp³-hybridized carbons (Fsp3) is 0.200. The van der Waals surface area contributed by atoms with Gasteiger partial charge < -0.3 is 5.11 Å². The molecule has 0 spiro atoms. The van der Waals surface area contributed by atoms with Gasteiger partial charge in [-0.05, 0) is 13.8 Å². The van der Waals surface area contributed by atoms with E-state index in [2.05, 4.69) is 15.1 Å². The van der Waals surface area contributed by atoms with E-state index in [0.29, 0.717) is 22.4 Å². The van der Waals surface area contributed by atoms with Crippen LogP contribution >= 0.6 is 11.3 Å². The molecule has 7 nitrogen and oxygen atoms in total. The first-order chi connectivity index (χ1) is 8.58. The van der Waals surface area contributed by atoms with E-state index < -0.39 is 5.97 Å². The summed E-state index contributed by atoms with van der Waals surface area (Å²) >= 11 is 1.37. The molecule has 3 aromatic rings. The van der Waals surface area contributed by atoms with Gasteiger partial charge >= 0.3 is 5.97 Å². The Kier molecular flexibility index (Phi) is 2.20. The molecular formula is C10H9N5O2S. The average molecular weight is 263 g/mol. The second kappa shape index (κ2) is 3.64. The molecule has 0 atom stereocenters. The van der Waals surface area contributed by atoms with Gasteiger partial charge in [-0.25, -0.2) is 9.78 Å². The van der Waals surface area contributed by atoms with Gasteiger partial charge in [0, 0.05) is 11.6 Å². The van der Waals surface area contributed by atoms with Crippen LogP contribution in [-0.2, 0) is 0 Å². The highest BCUT2D eigenvalue weighted by atomic mass is 32.1. The zero-order valence-electron chi connectivity index (χ0n) is 9.65. The highest BCUT2D eigenvalue weighted by Gasteiger charge is 2.22. The maximum atomic E-state index is 11.4. The first-order valence-electron chi connectivity index (χ1n) is 5.17. The second-order valence-electron chi connectivity index (χ2n) is 3.76. The maximum Gasteiger partial charge on any atom is 0.356 e. The van der Waals surface area contributed by atoms with Gasteiger partial charge in [0.05, 0.1) is 0 Å². The van der Waals surface area contributed by atoms with Crippen molar-refractivity contribution in [1.29, 1.82) is 0 Å². The number of fused-ring (bicyclic) bond motifs is 1. The number of imidazole rings is 1. The number of carbonyl (C=O) groups is 1. The minimum atomic E-state index is -1.04. The van der Waals surface area contributed by atoms with Crippen LogP contribution in [0.3, 0.4) is 0 Å². The third kappa shape index (κ3) is 1.42. The molecule has 0 aliphatic rings. The minimum Gasteiger partial charge on any atom is -0.476 e. The molecule has 0 aliphatic carbocycles. The van der Waals surface area contributed by atoms with Gasteiger partial charge in [0.25, 0.3) is 0 Å². The van der Waals surface area contributed by atoms with Crippen molar-refractivity contribution in [2.24, 2.45) is 0 Å². The van der Waals surface area contributed by atoms with Gasteiger partial charge in [0.2, 0.25) is 0 Å². The lowest BCUT2D eigenvalue weighted by Gasteiger charge is -2.00.